The Morgan fingerprint density at radius 2 is 1.51 bits per heavy atom. The fourth-order valence-corrected chi connectivity index (χ4v) is 12.0. The van der Waals surface area contributed by atoms with Gasteiger partial charge in [-0.2, -0.15) is 0 Å². The number of halogens is 1. The first-order chi connectivity index (χ1) is 28.3. The van der Waals surface area contributed by atoms with Gasteiger partial charge in [0.05, 0.1) is 6.61 Å². The van der Waals surface area contributed by atoms with Gasteiger partial charge in [0.2, 0.25) is 0 Å². The summed E-state index contributed by atoms with van der Waals surface area (Å²) in [4.78, 5) is 25.2. The molecule has 0 amide bonds. The van der Waals surface area contributed by atoms with Gasteiger partial charge in [0, 0.05) is 24.0 Å². The van der Waals surface area contributed by atoms with Crippen LogP contribution < -0.4 is 9.47 Å². The SMILES string of the molecule is CC[C@H](C)[C@H](Cl)C(=O)Oc1ccc(C#Cc2ccc(OCCCCCC(=O)O[C@H]3CC[C@@]4(C)C(=CC[C@H]5[C@@H]6CC[C@H]([C@H](C)CCCC(C)C)[C@@]6(C)CC[C@@H]54)C3)cc2)cc1. The van der Waals surface area contributed by atoms with E-state index in [4.69, 9.17) is 25.8 Å². The molecule has 3 fully saturated rings. The summed E-state index contributed by atoms with van der Waals surface area (Å²) in [5, 5.41) is -0.665. The summed E-state index contributed by atoms with van der Waals surface area (Å²) in [7, 11) is 0. The van der Waals surface area contributed by atoms with Crippen LogP contribution in [0.25, 0.3) is 0 Å². The lowest BCUT2D eigenvalue weighted by molar-refractivity contribution is -0.151. The Kier molecular flexibility index (Phi) is 15.8. The molecule has 5 nitrogen and oxygen atoms in total. The highest BCUT2D eigenvalue weighted by Crippen LogP contribution is 2.67. The topological polar surface area (TPSA) is 61.8 Å². The van der Waals surface area contributed by atoms with Crippen LogP contribution in [0, 0.1) is 64.1 Å². The van der Waals surface area contributed by atoms with E-state index in [0.29, 0.717) is 24.2 Å². The third kappa shape index (κ3) is 11.2. The van der Waals surface area contributed by atoms with E-state index in [-0.39, 0.29) is 23.4 Å². The maximum atomic E-state index is 13.0. The third-order valence-electron chi connectivity index (χ3n) is 15.5. The van der Waals surface area contributed by atoms with Crippen LogP contribution in [0.3, 0.4) is 0 Å². The Bertz CT molecular complexity index is 1790. The molecule has 0 radical (unpaired) electrons. The number of carbonyl (C=O) groups excluding carboxylic acids is 2. The molecule has 0 N–H and O–H groups in total. The van der Waals surface area contributed by atoms with Gasteiger partial charge in [-0.15, -0.1) is 11.6 Å². The molecule has 0 heterocycles. The largest absolute Gasteiger partial charge is 0.494 e. The van der Waals surface area contributed by atoms with E-state index in [1.165, 1.54) is 51.4 Å². The molecule has 0 unspecified atom stereocenters. The van der Waals surface area contributed by atoms with Gasteiger partial charge in [0.25, 0.3) is 0 Å². The molecular formula is C53H73ClO5. The third-order valence-corrected chi connectivity index (χ3v) is 16.1. The Balaban J connectivity index is 0.872. The summed E-state index contributed by atoms with van der Waals surface area (Å²) in [6.07, 6.45) is 20.7. The van der Waals surface area contributed by atoms with Gasteiger partial charge in [-0.05, 0) is 165 Å². The van der Waals surface area contributed by atoms with E-state index in [9.17, 15) is 9.59 Å². The highest BCUT2D eigenvalue weighted by atomic mass is 35.5. The number of hydrogen-bond donors (Lipinski definition) is 0. The fourth-order valence-electron chi connectivity index (χ4n) is 11.7. The molecule has 2 aromatic rings. The van der Waals surface area contributed by atoms with E-state index in [0.717, 1.165) is 97.3 Å². The molecule has 10 atom stereocenters. The normalized spacial score (nSPS) is 28.8. The number of unbranched alkanes of at least 4 members (excludes halogenated alkanes) is 2. The quantitative estimate of drug-likeness (QED) is 0.0397. The van der Waals surface area contributed by atoms with Crippen molar-refractivity contribution in [2.24, 2.45) is 52.3 Å². The molecule has 0 bridgehead atoms. The Morgan fingerprint density at radius 1 is 0.814 bits per heavy atom. The van der Waals surface area contributed by atoms with Crippen molar-refractivity contribution in [1.82, 2.24) is 0 Å². The maximum Gasteiger partial charge on any atom is 0.329 e. The van der Waals surface area contributed by atoms with Gasteiger partial charge >= 0.3 is 11.9 Å². The first-order valence-corrected chi connectivity index (χ1v) is 23.8. The lowest BCUT2D eigenvalue weighted by Gasteiger charge is -2.58. The number of allylic oxidation sites excluding steroid dienone is 1. The number of rotatable bonds is 17. The molecule has 59 heavy (non-hydrogen) atoms. The minimum atomic E-state index is -0.665. The van der Waals surface area contributed by atoms with E-state index < -0.39 is 11.3 Å². The Hall–Kier alpha value is -3.23. The summed E-state index contributed by atoms with van der Waals surface area (Å²) in [5.74, 6) is 12.2. The Labute approximate surface area is 362 Å². The first kappa shape index (κ1) is 45.3. The lowest BCUT2D eigenvalue weighted by Crippen LogP contribution is -2.51. The molecular weight excluding hydrogens is 752 g/mol. The van der Waals surface area contributed by atoms with Crippen molar-refractivity contribution >= 4 is 23.5 Å². The smallest absolute Gasteiger partial charge is 0.329 e. The monoisotopic (exact) mass is 825 g/mol. The number of carbonyl (C=O) groups is 2. The fraction of sp³-hybridized carbons (Fsp3) is 0.660. The molecule has 4 aliphatic rings. The van der Waals surface area contributed by atoms with Crippen molar-refractivity contribution in [2.45, 2.75) is 163 Å². The molecule has 6 rings (SSSR count). The van der Waals surface area contributed by atoms with E-state index in [2.05, 4.69) is 52.5 Å². The summed E-state index contributed by atoms with van der Waals surface area (Å²) < 4.78 is 17.5. The summed E-state index contributed by atoms with van der Waals surface area (Å²) in [6.45, 7) is 17.1. The highest BCUT2D eigenvalue weighted by molar-refractivity contribution is 6.30. The number of hydrogen-bond acceptors (Lipinski definition) is 5. The maximum absolute atomic E-state index is 13.0. The molecule has 3 saturated carbocycles. The molecule has 6 heteroatoms. The summed E-state index contributed by atoms with van der Waals surface area (Å²) >= 11 is 6.21. The van der Waals surface area contributed by atoms with Crippen LogP contribution in [0.1, 0.15) is 162 Å². The number of esters is 2. The van der Waals surface area contributed by atoms with Gasteiger partial charge < -0.3 is 14.2 Å². The summed E-state index contributed by atoms with van der Waals surface area (Å²) in [5.41, 5.74) is 4.09. The second-order valence-corrected chi connectivity index (χ2v) is 20.3. The van der Waals surface area contributed by atoms with Gasteiger partial charge in [-0.25, -0.2) is 0 Å². The van der Waals surface area contributed by atoms with Gasteiger partial charge in [0.1, 0.15) is 23.0 Å². The molecule has 0 spiro atoms. The standard InChI is InChI=1S/C53H73ClO5/c1-8-37(4)50(54)51(56)59-43-25-20-40(21-26-43)17-16-39-18-23-42(24-19-39)57-34-11-9-10-15-49(55)58-44-30-32-52(6)41(35-44)22-27-45-47-29-28-46(38(5)14-12-13-36(2)3)53(47,7)33-31-48(45)52/h18-26,36-38,44-48,50H,8-15,27-35H2,1-7H3/t37-,38+,44-,45-,46+,47-,48-,50-,52-,53+/m0/s1. The van der Waals surface area contributed by atoms with Crippen molar-refractivity contribution in [2.75, 3.05) is 6.61 Å². The zero-order valence-corrected chi connectivity index (χ0v) is 38.1. The van der Waals surface area contributed by atoms with Gasteiger partial charge in [-0.1, -0.05) is 97.6 Å². The van der Waals surface area contributed by atoms with Crippen LogP contribution in [-0.2, 0) is 14.3 Å². The molecule has 0 aliphatic heterocycles. The number of ether oxygens (including phenoxy) is 3. The number of fused-ring (bicyclic) bond motifs is 5. The average Bonchev–Trinajstić information content (AvgIpc) is 3.59. The first-order valence-electron chi connectivity index (χ1n) is 23.4. The van der Waals surface area contributed by atoms with Crippen LogP contribution in [-0.4, -0.2) is 30.0 Å². The van der Waals surface area contributed by atoms with E-state index in [1.54, 1.807) is 17.7 Å². The molecule has 4 aliphatic carbocycles. The number of benzene rings is 2. The second kappa shape index (κ2) is 20.6. The second-order valence-electron chi connectivity index (χ2n) is 19.8. The average molecular weight is 826 g/mol. The predicted molar refractivity (Wildman–Crippen MR) is 240 cm³/mol. The number of alkyl halides is 1. The van der Waals surface area contributed by atoms with Gasteiger partial charge in [-0.3, -0.25) is 9.59 Å². The molecule has 322 valence electrons. The molecule has 0 aromatic heterocycles. The summed E-state index contributed by atoms with van der Waals surface area (Å²) in [6, 6.07) is 14.9. The minimum Gasteiger partial charge on any atom is -0.494 e. The van der Waals surface area contributed by atoms with Crippen LogP contribution in [0.5, 0.6) is 11.5 Å². The van der Waals surface area contributed by atoms with Crippen molar-refractivity contribution in [3.63, 3.8) is 0 Å². The minimum absolute atomic E-state index is 0.0294. The van der Waals surface area contributed by atoms with E-state index in [1.807, 2.05) is 50.2 Å². The van der Waals surface area contributed by atoms with Crippen LogP contribution >= 0.6 is 11.6 Å². The van der Waals surface area contributed by atoms with Crippen molar-refractivity contribution in [3.05, 3.63) is 71.3 Å². The van der Waals surface area contributed by atoms with Gasteiger partial charge in [0.15, 0.2) is 0 Å². The highest BCUT2D eigenvalue weighted by Gasteiger charge is 2.59. The zero-order valence-electron chi connectivity index (χ0n) is 37.3. The van der Waals surface area contributed by atoms with Crippen molar-refractivity contribution in [1.29, 1.82) is 0 Å². The molecule has 0 saturated heterocycles. The van der Waals surface area contributed by atoms with E-state index >= 15 is 0 Å². The predicted octanol–water partition coefficient (Wildman–Crippen LogP) is 13.5. The van der Waals surface area contributed by atoms with Crippen LogP contribution in [0.15, 0.2) is 60.2 Å². The van der Waals surface area contributed by atoms with Crippen LogP contribution in [0.2, 0.25) is 0 Å². The molecule has 2 aromatic carbocycles. The van der Waals surface area contributed by atoms with Crippen LogP contribution in [0.4, 0.5) is 0 Å². The lowest BCUT2D eigenvalue weighted by atomic mass is 9.47. The zero-order chi connectivity index (χ0) is 42.2. The Morgan fingerprint density at radius 3 is 2.19 bits per heavy atom. The van der Waals surface area contributed by atoms with Crippen molar-refractivity contribution in [3.8, 4) is 23.3 Å². The van der Waals surface area contributed by atoms with Crippen molar-refractivity contribution < 1.29 is 23.8 Å².